The van der Waals surface area contributed by atoms with Crippen LogP contribution < -0.4 is 20.9 Å². The third-order valence-corrected chi connectivity index (χ3v) is 4.72. The smallest absolute Gasteiger partial charge is 0.490 e. The molecule has 4 rings (SSSR count). The standard InChI is InChI=1S/C17H14ClN3O.C3H3F3O2/c18-12-3-1-10(2-4-12)8-20-14-7-13-15-11(5-6-19-13)9-21-16(15)17(14)22;1-8-2(7)3(4,5)6/h1-4,7,9,20,22H,5-6,8H2;1H3/p+1. The number of rotatable bonds is 3. The number of nitrogens with one attached hydrogen (secondary N) is 2. The van der Waals surface area contributed by atoms with Gasteiger partial charge in [-0.25, -0.2) is 9.79 Å². The number of carbonyl (C=O) groups is 1. The van der Waals surface area contributed by atoms with E-state index in [0.29, 0.717) is 19.3 Å². The second-order valence-corrected chi connectivity index (χ2v) is 6.89. The van der Waals surface area contributed by atoms with Gasteiger partial charge in [0.1, 0.15) is 0 Å². The Balaban J connectivity index is 0.000000275. The van der Waals surface area contributed by atoms with Gasteiger partial charge in [0.2, 0.25) is 5.75 Å². The van der Waals surface area contributed by atoms with Crippen molar-refractivity contribution >= 4 is 40.7 Å². The monoisotopic (exact) mass is 440 g/mol. The summed E-state index contributed by atoms with van der Waals surface area (Å²) in [6, 6.07) is 9.57. The molecule has 6 nitrogen and oxygen atoms in total. The Bertz CT molecular complexity index is 1110. The zero-order chi connectivity index (χ0) is 21.9. The van der Waals surface area contributed by atoms with E-state index in [1.807, 2.05) is 36.5 Å². The van der Waals surface area contributed by atoms with E-state index in [9.17, 15) is 23.1 Å². The second-order valence-electron chi connectivity index (χ2n) is 6.46. The highest BCUT2D eigenvalue weighted by Gasteiger charge is 2.40. The molecule has 0 bridgehead atoms. The molecule has 0 fully saturated rings. The molecule has 2 aliphatic rings. The van der Waals surface area contributed by atoms with Crippen molar-refractivity contribution in [3.63, 3.8) is 0 Å². The molecule has 0 spiro atoms. The fourth-order valence-electron chi connectivity index (χ4n) is 3.02. The highest BCUT2D eigenvalue weighted by Crippen LogP contribution is 2.27. The fraction of sp³-hybridized carbons (Fsp3) is 0.250. The third-order valence-electron chi connectivity index (χ3n) is 4.47. The Morgan fingerprint density at radius 2 is 2.03 bits per heavy atom. The Labute approximate surface area is 174 Å². The molecule has 0 atom stereocenters. The number of nitrogens with zero attached hydrogens (tertiary/aromatic N) is 1. The number of hydrogen-bond acceptors (Lipinski definition) is 5. The minimum Gasteiger partial charge on any atom is -0.501 e. The van der Waals surface area contributed by atoms with E-state index in [-0.39, 0.29) is 5.75 Å². The highest BCUT2D eigenvalue weighted by molar-refractivity contribution is 6.30. The van der Waals surface area contributed by atoms with Crippen molar-refractivity contribution < 1.29 is 32.8 Å². The molecule has 0 unspecified atom stereocenters. The summed E-state index contributed by atoms with van der Waals surface area (Å²) < 4.78 is 36.3. The van der Waals surface area contributed by atoms with E-state index in [2.05, 4.69) is 20.0 Å². The molecule has 2 heterocycles. The van der Waals surface area contributed by atoms with Crippen molar-refractivity contribution in [1.82, 2.24) is 0 Å². The Morgan fingerprint density at radius 3 is 2.63 bits per heavy atom. The number of phenols is 1. The summed E-state index contributed by atoms with van der Waals surface area (Å²) in [5.74, 6) is -1.92. The van der Waals surface area contributed by atoms with Gasteiger partial charge in [0.05, 0.1) is 23.4 Å². The van der Waals surface area contributed by atoms with E-state index in [0.717, 1.165) is 39.8 Å². The van der Waals surface area contributed by atoms with Gasteiger partial charge in [-0.2, -0.15) is 13.2 Å². The molecule has 0 saturated heterocycles. The number of aromatic hydroxyl groups is 1. The first kappa shape index (κ1) is 21.6. The lowest BCUT2D eigenvalue weighted by Crippen LogP contribution is -2.61. The number of anilines is 1. The largest absolute Gasteiger partial charge is 0.501 e. The summed E-state index contributed by atoms with van der Waals surface area (Å²) in [4.78, 5) is 17.2. The van der Waals surface area contributed by atoms with Gasteiger partial charge in [-0.3, -0.25) is 4.99 Å². The van der Waals surface area contributed by atoms with Crippen LogP contribution in [-0.4, -0.2) is 37.1 Å². The minimum absolute atomic E-state index is 0.246. The van der Waals surface area contributed by atoms with Crippen molar-refractivity contribution in [2.45, 2.75) is 19.1 Å². The minimum atomic E-state index is -4.85. The van der Waals surface area contributed by atoms with Crippen LogP contribution in [0.5, 0.6) is 5.75 Å². The molecule has 0 aliphatic carbocycles. The number of phenolic OH excluding ortho intramolecular Hbond substituents is 1. The lowest BCUT2D eigenvalue weighted by molar-refractivity contribution is -0.345. The molecule has 0 saturated carbocycles. The fourth-order valence-corrected chi connectivity index (χ4v) is 3.15. The quantitative estimate of drug-likeness (QED) is 0.497. The first-order valence-corrected chi connectivity index (χ1v) is 9.25. The lowest BCUT2D eigenvalue weighted by Gasteiger charge is -2.10. The molecule has 0 aromatic heterocycles. The summed E-state index contributed by atoms with van der Waals surface area (Å²) in [5, 5.41) is 16.4. The molecule has 2 aliphatic heterocycles. The average molecular weight is 441 g/mol. The van der Waals surface area contributed by atoms with E-state index >= 15 is 0 Å². The second kappa shape index (κ2) is 8.74. The van der Waals surface area contributed by atoms with Crippen LogP contribution in [0.15, 0.2) is 35.3 Å². The molecule has 2 aromatic rings. The normalized spacial score (nSPS) is 13.7. The topological polar surface area (TPSA) is 84.9 Å². The number of halogens is 4. The maximum atomic E-state index is 11.0. The SMILES string of the molecule is COC(=O)C(F)(F)F.Oc1c(NCc2ccc(Cl)cc2)cc2c3c1[NH+]=CC=3CCN=2. The van der Waals surface area contributed by atoms with Crippen LogP contribution in [0.1, 0.15) is 12.0 Å². The highest BCUT2D eigenvalue weighted by atomic mass is 35.5. The predicted octanol–water partition coefficient (Wildman–Crippen LogP) is 1.35. The summed E-state index contributed by atoms with van der Waals surface area (Å²) in [6.07, 6.45) is -1.97. The van der Waals surface area contributed by atoms with Gasteiger partial charge in [-0.1, -0.05) is 23.7 Å². The number of carbonyl (C=O) groups excluding carboxylic acids is 1. The summed E-state index contributed by atoms with van der Waals surface area (Å²) >= 11 is 5.89. The van der Waals surface area contributed by atoms with Crippen LogP contribution in [-0.2, 0) is 16.1 Å². The zero-order valence-corrected chi connectivity index (χ0v) is 16.6. The van der Waals surface area contributed by atoms with Gasteiger partial charge < -0.3 is 15.2 Å². The predicted molar refractivity (Wildman–Crippen MR) is 105 cm³/mol. The average Bonchev–Trinajstić information content (AvgIpc) is 3.16. The van der Waals surface area contributed by atoms with Crippen molar-refractivity contribution in [1.29, 1.82) is 0 Å². The van der Waals surface area contributed by atoms with Crippen molar-refractivity contribution in [3.8, 4) is 5.75 Å². The van der Waals surface area contributed by atoms with Crippen LogP contribution >= 0.6 is 11.6 Å². The maximum absolute atomic E-state index is 11.0. The molecule has 0 radical (unpaired) electrons. The van der Waals surface area contributed by atoms with Gasteiger partial charge in [0, 0.05) is 23.7 Å². The Kier molecular flexibility index (Phi) is 6.31. The van der Waals surface area contributed by atoms with Gasteiger partial charge in [-0.15, -0.1) is 0 Å². The molecular weight excluding hydrogens is 423 g/mol. The number of alkyl halides is 3. The number of ether oxygens (including phenoxy) is 1. The van der Waals surface area contributed by atoms with Crippen LogP contribution in [0.25, 0.3) is 5.57 Å². The molecule has 30 heavy (non-hydrogen) atoms. The summed E-state index contributed by atoms with van der Waals surface area (Å²) in [7, 11) is 0.676. The zero-order valence-electron chi connectivity index (χ0n) is 15.8. The van der Waals surface area contributed by atoms with E-state index in [1.54, 1.807) is 0 Å². The summed E-state index contributed by atoms with van der Waals surface area (Å²) in [6.45, 7) is 1.41. The molecule has 0 amide bonds. The molecule has 3 N–H and O–H groups in total. The van der Waals surface area contributed by atoms with E-state index in [4.69, 9.17) is 11.6 Å². The van der Waals surface area contributed by atoms with Crippen LogP contribution in [0.4, 0.5) is 24.5 Å². The van der Waals surface area contributed by atoms with Gasteiger partial charge in [0.25, 0.3) is 5.69 Å². The number of hydrogen-bond donors (Lipinski definition) is 3. The summed E-state index contributed by atoms with van der Waals surface area (Å²) in [5.41, 5.74) is 3.77. The maximum Gasteiger partial charge on any atom is 0.490 e. The lowest BCUT2D eigenvalue weighted by atomic mass is 10.1. The van der Waals surface area contributed by atoms with Crippen molar-refractivity contribution in [2.24, 2.45) is 4.99 Å². The van der Waals surface area contributed by atoms with Crippen LogP contribution in [0, 0.1) is 0 Å². The van der Waals surface area contributed by atoms with E-state index in [1.165, 1.54) is 5.57 Å². The van der Waals surface area contributed by atoms with Crippen molar-refractivity contribution in [2.75, 3.05) is 19.0 Å². The van der Waals surface area contributed by atoms with E-state index < -0.39 is 12.1 Å². The Hall–Kier alpha value is -3.07. The first-order valence-electron chi connectivity index (χ1n) is 8.87. The molecule has 2 aromatic carbocycles. The van der Waals surface area contributed by atoms with Crippen LogP contribution in [0.3, 0.4) is 0 Å². The molecule has 10 heteroatoms. The number of benzene rings is 2. The first-order chi connectivity index (χ1) is 14.2. The van der Waals surface area contributed by atoms with Gasteiger partial charge >= 0.3 is 12.1 Å². The van der Waals surface area contributed by atoms with Crippen LogP contribution in [0.2, 0.25) is 5.02 Å². The van der Waals surface area contributed by atoms with Gasteiger partial charge in [0.15, 0.2) is 6.21 Å². The molecular formula is C20H18ClF3N3O3+. The Morgan fingerprint density at radius 1 is 1.33 bits per heavy atom. The molecule has 158 valence electrons. The number of methoxy groups -OCH3 is 1. The third kappa shape index (κ3) is 4.73. The van der Waals surface area contributed by atoms with Crippen molar-refractivity contribution in [3.05, 3.63) is 51.5 Å². The van der Waals surface area contributed by atoms with Gasteiger partial charge in [-0.05, 0) is 30.2 Å². The number of esters is 1.